The maximum absolute atomic E-state index is 12.7. The van der Waals surface area contributed by atoms with Crippen molar-refractivity contribution in [3.8, 4) is 11.1 Å². The molecule has 0 spiro atoms. The van der Waals surface area contributed by atoms with E-state index in [1.807, 2.05) is 0 Å². The topological polar surface area (TPSA) is 0 Å². The standard InChI is InChI=1S/C27H29.C15H8F6.C7H9.2ClH.Zr/c1-16-7-9-26(3,4)24-12-18-11-19-13-25-21(17(2)8-10-27(25,5)6)15-23(19)22(18)14-20(16)24;16-14(17,18)12-5-1-3-10(8-12)7-11-4-2-6-13(9-11)15(19,20)21;1-6-3-4-7(2)5-6;;;/h7-9,12-15H,10-11H2,1-6H3;1-6,8-9H;3-5H,1-2H3;2*1H;/q-1;;-1;;;+2/p-2. The summed E-state index contributed by atoms with van der Waals surface area (Å²) in [6.45, 7) is 18.2. The Morgan fingerprint density at radius 2 is 1.14 bits per heavy atom. The van der Waals surface area contributed by atoms with Crippen LogP contribution in [-0.2, 0) is 53.8 Å². The Labute approximate surface area is 366 Å². The van der Waals surface area contributed by atoms with Gasteiger partial charge in [-0.05, 0) is 70.2 Å². The Balaban J connectivity index is 0.000000217. The minimum absolute atomic E-state index is 0. The maximum Gasteiger partial charge on any atom is -1.00 e. The van der Waals surface area contributed by atoms with Gasteiger partial charge in [-0.1, -0.05) is 76.8 Å². The van der Waals surface area contributed by atoms with Crippen molar-refractivity contribution in [2.75, 3.05) is 0 Å². The first kappa shape index (κ1) is 47.2. The van der Waals surface area contributed by atoms with Crippen molar-refractivity contribution in [2.45, 2.75) is 91.4 Å². The Morgan fingerprint density at radius 3 is 1.59 bits per heavy atom. The molecule has 0 saturated carbocycles. The van der Waals surface area contributed by atoms with E-state index in [0.717, 1.165) is 61.3 Å². The van der Waals surface area contributed by atoms with Crippen LogP contribution in [0.15, 0.2) is 103 Å². The first-order valence-corrected chi connectivity index (χ1v) is 20.0. The number of halogens is 8. The van der Waals surface area contributed by atoms with E-state index in [0.29, 0.717) is 3.21 Å². The van der Waals surface area contributed by atoms with Crippen molar-refractivity contribution in [1.82, 2.24) is 0 Å². The van der Waals surface area contributed by atoms with Crippen molar-refractivity contribution < 1.29 is 75.4 Å². The van der Waals surface area contributed by atoms with E-state index in [-0.39, 0.29) is 46.8 Å². The van der Waals surface area contributed by atoms with Crippen LogP contribution in [0.25, 0.3) is 22.3 Å². The quantitative estimate of drug-likeness (QED) is 0.122. The third-order valence-electron chi connectivity index (χ3n) is 11.1. The van der Waals surface area contributed by atoms with E-state index in [2.05, 4.69) is 116 Å². The van der Waals surface area contributed by atoms with Gasteiger partial charge < -0.3 is 24.8 Å². The smallest absolute Gasteiger partial charge is 1.00 e. The molecule has 58 heavy (non-hydrogen) atoms. The molecule has 5 aromatic rings. The summed E-state index contributed by atoms with van der Waals surface area (Å²) in [5.41, 5.74) is 16.6. The van der Waals surface area contributed by atoms with Crippen LogP contribution in [0, 0.1) is 20.3 Å². The minimum Gasteiger partial charge on any atom is -1.00 e. The van der Waals surface area contributed by atoms with Crippen LogP contribution in [-0.4, -0.2) is 3.21 Å². The van der Waals surface area contributed by atoms with E-state index in [9.17, 15) is 26.3 Å². The van der Waals surface area contributed by atoms with Gasteiger partial charge in [0.2, 0.25) is 0 Å². The van der Waals surface area contributed by atoms with Gasteiger partial charge >= 0.3 is 137 Å². The number of hydrogen-bond acceptors (Lipinski definition) is 0. The number of allylic oxidation sites excluding steroid dienone is 4. The molecule has 0 bridgehead atoms. The van der Waals surface area contributed by atoms with Gasteiger partial charge in [0.1, 0.15) is 0 Å². The summed E-state index contributed by atoms with van der Waals surface area (Å²) in [6, 6.07) is 25.5. The molecule has 0 atom stereocenters. The zero-order valence-corrected chi connectivity index (χ0v) is 37.8. The monoisotopic (exact) mass is 908 g/mol. The molecule has 0 radical (unpaired) electrons. The summed E-state index contributed by atoms with van der Waals surface area (Å²) in [5.74, 6) is 0. The van der Waals surface area contributed by atoms with Gasteiger partial charge in [-0.15, -0.1) is 12.5 Å². The molecule has 0 nitrogen and oxygen atoms in total. The molecule has 5 aromatic carbocycles. The van der Waals surface area contributed by atoms with Crippen LogP contribution in [0.5, 0.6) is 0 Å². The molecule has 0 N–H and O–H groups in total. The van der Waals surface area contributed by atoms with E-state index in [4.69, 9.17) is 0 Å². The number of fused-ring (bicyclic) bond motifs is 5. The van der Waals surface area contributed by atoms with Crippen LogP contribution < -0.4 is 24.8 Å². The summed E-state index contributed by atoms with van der Waals surface area (Å²) < 4.78 is 76.7. The molecular weight excluding hydrogens is 865 g/mol. The van der Waals surface area contributed by atoms with Crippen molar-refractivity contribution in [1.29, 1.82) is 0 Å². The molecule has 0 aromatic heterocycles. The number of alkyl halides is 6. The van der Waals surface area contributed by atoms with Gasteiger partial charge in [-0.2, -0.15) is 23.3 Å². The molecule has 0 amide bonds. The second-order valence-electron chi connectivity index (χ2n) is 16.5. The van der Waals surface area contributed by atoms with Gasteiger partial charge in [0.05, 0.1) is 0 Å². The molecule has 3 aliphatic rings. The van der Waals surface area contributed by atoms with Crippen molar-refractivity contribution >= 4 is 14.4 Å². The fraction of sp³-hybridized carbons (Fsp3) is 0.286. The number of aryl methyl sites for hydroxylation is 2. The molecule has 3 aliphatic carbocycles. The van der Waals surface area contributed by atoms with E-state index in [1.54, 1.807) is 0 Å². The van der Waals surface area contributed by atoms with Gasteiger partial charge in [0, 0.05) is 0 Å². The Bertz CT molecular complexity index is 2230. The van der Waals surface area contributed by atoms with E-state index < -0.39 is 23.5 Å². The second-order valence-corrected chi connectivity index (χ2v) is 17.7. The molecule has 0 heterocycles. The molecule has 304 valence electrons. The summed E-state index contributed by atoms with van der Waals surface area (Å²) in [5, 5.41) is 0. The average Bonchev–Trinajstić information content (AvgIpc) is 3.70. The van der Waals surface area contributed by atoms with Crippen molar-refractivity contribution in [3.63, 3.8) is 0 Å². The van der Waals surface area contributed by atoms with Gasteiger partial charge in [-0.3, -0.25) is 0 Å². The third kappa shape index (κ3) is 10.1. The zero-order chi connectivity index (χ0) is 41.0. The van der Waals surface area contributed by atoms with Crippen molar-refractivity contribution in [3.05, 3.63) is 176 Å². The molecule has 9 heteroatoms. The average molecular weight is 911 g/mol. The molecule has 0 unspecified atom stereocenters. The van der Waals surface area contributed by atoms with Crippen LogP contribution in [0.2, 0.25) is 0 Å². The molecule has 8 rings (SSSR count). The normalized spacial score (nSPS) is 15.4. The van der Waals surface area contributed by atoms with Crippen LogP contribution in [0.4, 0.5) is 26.3 Å². The van der Waals surface area contributed by atoms with Crippen LogP contribution in [0.3, 0.4) is 0 Å². The molecule has 0 fully saturated rings. The summed E-state index contributed by atoms with van der Waals surface area (Å²) in [4.78, 5) is 0. The Hall–Kier alpha value is -3.51. The zero-order valence-electron chi connectivity index (χ0n) is 33.8. The van der Waals surface area contributed by atoms with Crippen molar-refractivity contribution in [2.24, 2.45) is 0 Å². The SMILES string of the molecule is CC1=C[CH-]C(C)(C)c2cc3c(cc21)-c1cc2c(cc1C3)C(C)(C)CC=C2C.Cc1c[cH-]c(C)c1.FC(F)(F)c1cccc([C](=[Zr+2])c2cccc(C(F)(F)F)c2)c1.[Cl-].[Cl-]. The maximum atomic E-state index is 12.7. The van der Waals surface area contributed by atoms with Gasteiger partial charge in [-0.25, -0.2) is 24.1 Å². The second kappa shape index (κ2) is 17.6. The molecule has 0 saturated heterocycles. The van der Waals surface area contributed by atoms with Gasteiger partial charge in [0.15, 0.2) is 0 Å². The van der Waals surface area contributed by atoms with Crippen LogP contribution >= 0.6 is 0 Å². The first-order valence-electron chi connectivity index (χ1n) is 18.7. The summed E-state index contributed by atoms with van der Waals surface area (Å²) >= 11 is 0.729. The molecular formula is C49H46Cl2F6Zr-2. The fourth-order valence-electron chi connectivity index (χ4n) is 7.76. The fourth-order valence-corrected chi connectivity index (χ4v) is 8.53. The molecule has 0 aliphatic heterocycles. The van der Waals surface area contributed by atoms with Crippen LogP contribution in [0.1, 0.15) is 115 Å². The largest absolute Gasteiger partial charge is 1.00 e. The Morgan fingerprint density at radius 1 is 0.638 bits per heavy atom. The number of benzene rings is 4. The predicted octanol–water partition coefficient (Wildman–Crippen LogP) is 8.11. The number of hydrogen-bond donors (Lipinski definition) is 0. The summed E-state index contributed by atoms with van der Waals surface area (Å²) in [6.07, 6.45) is 0.313. The minimum atomic E-state index is -4.49. The van der Waals surface area contributed by atoms with Gasteiger partial charge in [0.25, 0.3) is 0 Å². The van der Waals surface area contributed by atoms with E-state index >= 15 is 0 Å². The first-order chi connectivity index (χ1) is 26.0. The third-order valence-corrected chi connectivity index (χ3v) is 12.5. The summed E-state index contributed by atoms with van der Waals surface area (Å²) in [7, 11) is 0. The van der Waals surface area contributed by atoms with E-state index in [1.165, 1.54) is 91.0 Å². The number of rotatable bonds is 2. The Kier molecular flexibility index (Phi) is 14.3. The predicted molar refractivity (Wildman–Crippen MR) is 215 cm³/mol.